The summed E-state index contributed by atoms with van der Waals surface area (Å²) in [5.41, 5.74) is 3.33. The fraction of sp³-hybridized carbons (Fsp3) is 0.400. The summed E-state index contributed by atoms with van der Waals surface area (Å²) in [7, 11) is 1.94. The standard InChI is InChI=1S/C15H19N3O2/c1-10(7-8-13(20)16-9-19)14-12-6-4-5-11(2)15(12)18(3)17-14/h4-6,9-10H,7-8H2,1-3H3,(H,16,19,20). The number of imide groups is 1. The van der Waals surface area contributed by atoms with Crippen LogP contribution in [0.2, 0.25) is 0 Å². The molecule has 5 nitrogen and oxygen atoms in total. The molecule has 1 unspecified atom stereocenters. The van der Waals surface area contributed by atoms with Crippen LogP contribution >= 0.6 is 0 Å². The van der Waals surface area contributed by atoms with Crippen molar-refractivity contribution < 1.29 is 9.59 Å². The molecule has 0 aliphatic heterocycles. The van der Waals surface area contributed by atoms with Crippen molar-refractivity contribution in [3.8, 4) is 0 Å². The van der Waals surface area contributed by atoms with Crippen LogP contribution in [0.25, 0.3) is 10.9 Å². The third kappa shape index (κ3) is 2.71. The van der Waals surface area contributed by atoms with E-state index in [0.717, 1.165) is 16.6 Å². The molecule has 0 fully saturated rings. The van der Waals surface area contributed by atoms with Crippen molar-refractivity contribution in [2.75, 3.05) is 0 Å². The second kappa shape index (κ2) is 5.86. The Hall–Kier alpha value is -2.17. The first kappa shape index (κ1) is 14.2. The largest absolute Gasteiger partial charge is 0.299 e. The fourth-order valence-electron chi connectivity index (χ4n) is 2.55. The minimum atomic E-state index is -0.247. The summed E-state index contributed by atoms with van der Waals surface area (Å²) in [6.07, 6.45) is 1.41. The molecule has 1 aromatic heterocycles. The molecular formula is C15H19N3O2. The number of fused-ring (bicyclic) bond motifs is 1. The van der Waals surface area contributed by atoms with Crippen molar-refractivity contribution in [2.24, 2.45) is 7.05 Å². The normalized spacial score (nSPS) is 12.3. The van der Waals surface area contributed by atoms with Crippen molar-refractivity contribution in [1.29, 1.82) is 0 Å². The number of amides is 2. The number of nitrogens with one attached hydrogen (secondary N) is 1. The van der Waals surface area contributed by atoms with Gasteiger partial charge in [-0.05, 0) is 18.9 Å². The van der Waals surface area contributed by atoms with Gasteiger partial charge < -0.3 is 0 Å². The predicted octanol–water partition coefficient (Wildman–Crippen LogP) is 2.04. The first-order chi connectivity index (χ1) is 9.54. The topological polar surface area (TPSA) is 64.0 Å². The number of benzene rings is 1. The Labute approximate surface area is 118 Å². The monoisotopic (exact) mass is 273 g/mol. The van der Waals surface area contributed by atoms with Crippen molar-refractivity contribution in [1.82, 2.24) is 15.1 Å². The van der Waals surface area contributed by atoms with Gasteiger partial charge in [0.1, 0.15) is 0 Å². The molecule has 2 aromatic rings. The van der Waals surface area contributed by atoms with E-state index in [2.05, 4.69) is 36.4 Å². The predicted molar refractivity (Wildman–Crippen MR) is 77.3 cm³/mol. The number of para-hydroxylation sites is 1. The van der Waals surface area contributed by atoms with E-state index in [9.17, 15) is 9.59 Å². The maximum absolute atomic E-state index is 11.3. The number of carbonyl (C=O) groups excluding carboxylic acids is 2. The van der Waals surface area contributed by atoms with Gasteiger partial charge in [0, 0.05) is 24.8 Å². The highest BCUT2D eigenvalue weighted by Gasteiger charge is 2.17. The molecule has 0 aliphatic rings. The van der Waals surface area contributed by atoms with Crippen LogP contribution in [0.15, 0.2) is 18.2 Å². The molecule has 1 heterocycles. The van der Waals surface area contributed by atoms with Gasteiger partial charge in [-0.3, -0.25) is 19.6 Å². The summed E-state index contributed by atoms with van der Waals surface area (Å²) in [5.74, 6) is -0.0823. The van der Waals surface area contributed by atoms with Gasteiger partial charge in [-0.2, -0.15) is 5.10 Å². The number of rotatable bonds is 5. The van der Waals surface area contributed by atoms with Crippen LogP contribution in [0.4, 0.5) is 0 Å². The second-order valence-corrected chi connectivity index (χ2v) is 5.11. The van der Waals surface area contributed by atoms with Crippen LogP contribution in [0.3, 0.4) is 0 Å². The zero-order valence-corrected chi connectivity index (χ0v) is 12.0. The SMILES string of the molecule is Cc1cccc2c(C(C)CCC(=O)NC=O)nn(C)c12. The fourth-order valence-corrected chi connectivity index (χ4v) is 2.55. The van der Waals surface area contributed by atoms with Crippen molar-refractivity contribution in [3.05, 3.63) is 29.5 Å². The van der Waals surface area contributed by atoms with Crippen LogP contribution in [0.1, 0.15) is 36.9 Å². The third-order valence-corrected chi connectivity index (χ3v) is 3.59. The zero-order chi connectivity index (χ0) is 14.7. The Bertz CT molecular complexity index is 646. The summed E-state index contributed by atoms with van der Waals surface area (Å²) < 4.78 is 1.89. The first-order valence-corrected chi connectivity index (χ1v) is 6.69. The van der Waals surface area contributed by atoms with E-state index in [-0.39, 0.29) is 11.8 Å². The van der Waals surface area contributed by atoms with Gasteiger partial charge in [0.25, 0.3) is 0 Å². The molecule has 0 aliphatic carbocycles. The Balaban J connectivity index is 2.22. The summed E-state index contributed by atoms with van der Waals surface area (Å²) in [4.78, 5) is 21.5. The number of nitrogens with zero attached hydrogens (tertiary/aromatic N) is 2. The maximum atomic E-state index is 11.3. The lowest BCUT2D eigenvalue weighted by Crippen LogP contribution is -2.21. The summed E-state index contributed by atoms with van der Waals surface area (Å²) in [6, 6.07) is 6.15. The highest BCUT2D eigenvalue weighted by molar-refractivity contribution is 5.86. The van der Waals surface area contributed by atoms with Gasteiger partial charge in [0.2, 0.25) is 12.3 Å². The van der Waals surface area contributed by atoms with Gasteiger partial charge in [-0.15, -0.1) is 0 Å². The molecule has 0 bridgehead atoms. The van der Waals surface area contributed by atoms with E-state index in [1.165, 1.54) is 5.56 Å². The number of aromatic nitrogens is 2. The van der Waals surface area contributed by atoms with Crippen molar-refractivity contribution >= 4 is 23.2 Å². The Kier molecular flexibility index (Phi) is 4.17. The molecule has 20 heavy (non-hydrogen) atoms. The smallest absolute Gasteiger partial charge is 0.226 e. The van der Waals surface area contributed by atoms with Gasteiger partial charge >= 0.3 is 0 Å². The lowest BCUT2D eigenvalue weighted by atomic mass is 9.98. The molecule has 1 atom stereocenters. The molecule has 2 amide bonds. The number of aryl methyl sites for hydroxylation is 2. The molecule has 1 N–H and O–H groups in total. The third-order valence-electron chi connectivity index (χ3n) is 3.59. The van der Waals surface area contributed by atoms with Gasteiger partial charge in [0.05, 0.1) is 11.2 Å². The molecule has 106 valence electrons. The van der Waals surface area contributed by atoms with Gasteiger partial charge in [-0.25, -0.2) is 0 Å². The molecule has 0 radical (unpaired) electrons. The van der Waals surface area contributed by atoms with Crippen LogP contribution in [0, 0.1) is 6.92 Å². The molecule has 0 spiro atoms. The van der Waals surface area contributed by atoms with Crippen molar-refractivity contribution in [2.45, 2.75) is 32.6 Å². The molecule has 0 saturated carbocycles. The van der Waals surface area contributed by atoms with E-state index in [1.54, 1.807) is 0 Å². The van der Waals surface area contributed by atoms with Crippen LogP contribution in [-0.4, -0.2) is 22.1 Å². The summed E-state index contributed by atoms with van der Waals surface area (Å²) >= 11 is 0. The summed E-state index contributed by atoms with van der Waals surface area (Å²) in [5, 5.41) is 7.88. The minimum absolute atomic E-state index is 0.165. The maximum Gasteiger partial charge on any atom is 0.226 e. The van der Waals surface area contributed by atoms with Gasteiger partial charge in [-0.1, -0.05) is 25.1 Å². The molecule has 1 aromatic carbocycles. The minimum Gasteiger partial charge on any atom is -0.299 e. The Morgan fingerprint density at radius 1 is 1.50 bits per heavy atom. The molecular weight excluding hydrogens is 254 g/mol. The van der Waals surface area contributed by atoms with E-state index in [0.29, 0.717) is 19.3 Å². The van der Waals surface area contributed by atoms with Crippen LogP contribution < -0.4 is 5.32 Å². The second-order valence-electron chi connectivity index (χ2n) is 5.11. The highest BCUT2D eigenvalue weighted by Crippen LogP contribution is 2.29. The number of hydrogen-bond donors (Lipinski definition) is 1. The zero-order valence-electron chi connectivity index (χ0n) is 12.0. The lowest BCUT2D eigenvalue weighted by molar-refractivity contribution is -0.125. The Morgan fingerprint density at radius 3 is 2.95 bits per heavy atom. The van der Waals surface area contributed by atoms with Gasteiger partial charge in [0.15, 0.2) is 0 Å². The van der Waals surface area contributed by atoms with Crippen LogP contribution in [-0.2, 0) is 16.6 Å². The lowest BCUT2D eigenvalue weighted by Gasteiger charge is -2.08. The highest BCUT2D eigenvalue weighted by atomic mass is 16.2. The quantitative estimate of drug-likeness (QED) is 0.848. The van der Waals surface area contributed by atoms with E-state index in [4.69, 9.17) is 0 Å². The van der Waals surface area contributed by atoms with E-state index >= 15 is 0 Å². The van der Waals surface area contributed by atoms with Crippen LogP contribution in [0.5, 0.6) is 0 Å². The summed E-state index contributed by atoms with van der Waals surface area (Å²) in [6.45, 7) is 4.12. The van der Waals surface area contributed by atoms with E-state index in [1.807, 2.05) is 17.8 Å². The molecule has 0 saturated heterocycles. The number of carbonyl (C=O) groups is 2. The molecule has 5 heteroatoms. The molecule has 2 rings (SSSR count). The average Bonchev–Trinajstić information content (AvgIpc) is 2.75. The average molecular weight is 273 g/mol. The number of hydrogen-bond acceptors (Lipinski definition) is 3. The van der Waals surface area contributed by atoms with E-state index < -0.39 is 0 Å². The van der Waals surface area contributed by atoms with Crippen molar-refractivity contribution in [3.63, 3.8) is 0 Å². The Morgan fingerprint density at radius 2 is 2.25 bits per heavy atom. The first-order valence-electron chi connectivity index (χ1n) is 6.69.